The summed E-state index contributed by atoms with van der Waals surface area (Å²) in [5.74, 6) is -0.649. The number of nitrogens with one attached hydrogen (secondary N) is 2. The van der Waals surface area contributed by atoms with Crippen molar-refractivity contribution in [1.82, 2.24) is 4.98 Å². The van der Waals surface area contributed by atoms with Crippen molar-refractivity contribution in [2.75, 3.05) is 5.32 Å². The van der Waals surface area contributed by atoms with Gasteiger partial charge in [0.1, 0.15) is 4.90 Å². The average Bonchev–Trinajstić information content (AvgIpc) is 2.95. The highest BCUT2D eigenvalue weighted by Crippen LogP contribution is 3.02. The number of fused-ring (bicyclic) bond motifs is 1. The second kappa shape index (κ2) is 3.72. The Balaban J connectivity index is 2.12. The number of anilines is 1. The van der Waals surface area contributed by atoms with Gasteiger partial charge in [0.15, 0.2) is 0 Å². The molecule has 0 spiro atoms. The molecule has 0 radical (unpaired) electrons. The molecule has 0 saturated heterocycles. The maximum Gasteiger partial charge on any atom is 0.310 e. The fourth-order valence-electron chi connectivity index (χ4n) is 2.15. The van der Waals surface area contributed by atoms with Gasteiger partial charge < -0.3 is 10.3 Å². The Kier molecular flexibility index (Phi) is 2.48. The van der Waals surface area contributed by atoms with Gasteiger partial charge in [-0.2, -0.15) is 0 Å². The van der Waals surface area contributed by atoms with Gasteiger partial charge in [0.2, 0.25) is 0 Å². The van der Waals surface area contributed by atoms with E-state index < -0.39 is 21.0 Å². The minimum atomic E-state index is -9.77. The van der Waals surface area contributed by atoms with Gasteiger partial charge in [-0.1, -0.05) is 25.5 Å². The fraction of sp³-hybridized carbons (Fsp3) is 0. The van der Waals surface area contributed by atoms with Crippen molar-refractivity contribution >= 4 is 33.5 Å². The summed E-state index contributed by atoms with van der Waals surface area (Å²) in [5, 5.41) is 2.17. The van der Waals surface area contributed by atoms with Crippen LogP contribution >= 0.6 is 10.2 Å². The van der Waals surface area contributed by atoms with E-state index in [-0.39, 0.29) is 22.9 Å². The zero-order chi connectivity index (χ0) is 16.2. The van der Waals surface area contributed by atoms with E-state index in [1.165, 1.54) is 6.08 Å². The van der Waals surface area contributed by atoms with E-state index >= 15 is 0 Å². The molecule has 3 rings (SSSR count). The molecule has 2 N–H and O–H groups in total. The third kappa shape index (κ3) is 2.59. The highest BCUT2D eigenvalue weighted by atomic mass is 32.5. The second-order valence-corrected chi connectivity index (χ2v) is 7.22. The number of rotatable bonds is 2. The Bertz CT molecular complexity index is 809. The third-order valence-corrected chi connectivity index (χ3v) is 4.29. The molecule has 3 nitrogen and oxygen atoms in total. The van der Waals surface area contributed by atoms with Crippen molar-refractivity contribution in [3.8, 4) is 0 Å². The summed E-state index contributed by atoms with van der Waals surface area (Å²) >= 11 is 0. The quantitative estimate of drug-likeness (QED) is 0.577. The van der Waals surface area contributed by atoms with Gasteiger partial charge in [0.25, 0.3) is 5.91 Å². The van der Waals surface area contributed by atoms with Crippen LogP contribution in [-0.2, 0) is 4.79 Å². The molecule has 1 aromatic heterocycles. The highest BCUT2D eigenvalue weighted by Gasteiger charge is 2.65. The van der Waals surface area contributed by atoms with Gasteiger partial charge in [0, 0.05) is 17.5 Å². The number of H-pyrrole nitrogens is 1. The Labute approximate surface area is 121 Å². The van der Waals surface area contributed by atoms with Crippen molar-refractivity contribution in [2.24, 2.45) is 0 Å². The van der Waals surface area contributed by atoms with Gasteiger partial charge in [-0.05, 0) is 30.3 Å². The molecule has 1 aliphatic rings. The number of halogens is 5. The molecular formula is C13H9F5N2OS. The molecule has 0 aliphatic carbocycles. The van der Waals surface area contributed by atoms with Crippen molar-refractivity contribution < 1.29 is 24.2 Å². The van der Waals surface area contributed by atoms with Crippen LogP contribution in [0.5, 0.6) is 0 Å². The summed E-state index contributed by atoms with van der Waals surface area (Å²) in [6, 6.07) is 4.77. The number of carbonyl (C=O) groups is 1. The molecule has 2 heterocycles. The molecule has 1 aromatic carbocycles. The van der Waals surface area contributed by atoms with Crippen molar-refractivity contribution in [2.45, 2.75) is 4.90 Å². The zero-order valence-corrected chi connectivity index (χ0v) is 11.6. The predicted molar refractivity (Wildman–Crippen MR) is 75.1 cm³/mol. The average molecular weight is 336 g/mol. The van der Waals surface area contributed by atoms with Crippen LogP contribution in [0.15, 0.2) is 41.4 Å². The van der Waals surface area contributed by atoms with Gasteiger partial charge in [0.05, 0.1) is 11.3 Å². The molecule has 0 bridgehead atoms. The normalized spacial score (nSPS) is 19.5. The summed E-state index contributed by atoms with van der Waals surface area (Å²) in [6.45, 7) is 0. The number of benzene rings is 1. The summed E-state index contributed by atoms with van der Waals surface area (Å²) in [6.07, 6.45) is 3.04. The lowest BCUT2D eigenvalue weighted by Crippen LogP contribution is -2.07. The number of carbonyl (C=O) groups excluding carboxylic acids is 1. The summed E-state index contributed by atoms with van der Waals surface area (Å²) in [4.78, 5) is 12.6. The van der Waals surface area contributed by atoms with E-state index in [1.807, 2.05) is 0 Å². The molecule has 2 aromatic rings. The molecule has 0 unspecified atom stereocenters. The number of aromatic nitrogens is 1. The number of aromatic amines is 1. The van der Waals surface area contributed by atoms with E-state index in [4.69, 9.17) is 0 Å². The maximum absolute atomic E-state index is 12.8. The Morgan fingerprint density at radius 2 is 1.77 bits per heavy atom. The van der Waals surface area contributed by atoms with Crippen LogP contribution in [0.4, 0.5) is 25.1 Å². The Hall–Kier alpha value is -2.29. The smallest absolute Gasteiger partial charge is 0.310 e. The SMILES string of the molecule is O=C1Nc2cc(S(F)(F)(F)(F)F)ccc2/C1=C/c1ccc[nH]1. The Morgan fingerprint density at radius 1 is 1.05 bits per heavy atom. The predicted octanol–water partition coefficient (Wildman–Crippen LogP) is 5.16. The van der Waals surface area contributed by atoms with Crippen LogP contribution in [-0.4, -0.2) is 10.9 Å². The summed E-state index contributed by atoms with van der Waals surface area (Å²) in [5.41, 5.74) is 0.528. The van der Waals surface area contributed by atoms with E-state index in [0.717, 1.165) is 6.07 Å². The van der Waals surface area contributed by atoms with Crippen LogP contribution in [0.25, 0.3) is 11.6 Å². The first-order chi connectivity index (χ1) is 9.94. The maximum atomic E-state index is 12.8. The molecule has 0 fully saturated rings. The molecular weight excluding hydrogens is 327 g/mol. The minimum absolute atomic E-state index is 0.103. The van der Waals surface area contributed by atoms with Crippen molar-refractivity contribution in [1.29, 1.82) is 0 Å². The second-order valence-electron chi connectivity index (χ2n) is 4.81. The van der Waals surface area contributed by atoms with E-state index in [0.29, 0.717) is 11.8 Å². The van der Waals surface area contributed by atoms with Gasteiger partial charge >= 0.3 is 10.2 Å². The van der Waals surface area contributed by atoms with E-state index in [2.05, 4.69) is 10.3 Å². The highest BCUT2D eigenvalue weighted by molar-refractivity contribution is 8.45. The van der Waals surface area contributed by atoms with Crippen LogP contribution in [0.3, 0.4) is 0 Å². The first-order valence-corrected chi connectivity index (χ1v) is 7.94. The molecule has 9 heteroatoms. The van der Waals surface area contributed by atoms with Gasteiger partial charge in [-0.15, -0.1) is 0 Å². The fourth-order valence-corrected chi connectivity index (χ4v) is 2.81. The van der Waals surface area contributed by atoms with Crippen LogP contribution < -0.4 is 5.32 Å². The monoisotopic (exact) mass is 336 g/mol. The van der Waals surface area contributed by atoms with Crippen LogP contribution in [0.1, 0.15) is 11.3 Å². The molecule has 118 valence electrons. The zero-order valence-electron chi connectivity index (χ0n) is 10.7. The van der Waals surface area contributed by atoms with Crippen LogP contribution in [0, 0.1) is 0 Å². The first kappa shape index (κ1) is 14.6. The number of hydrogen-bond donors (Lipinski definition) is 2. The Morgan fingerprint density at radius 3 is 2.36 bits per heavy atom. The largest absolute Gasteiger partial charge is 0.362 e. The molecule has 22 heavy (non-hydrogen) atoms. The van der Waals surface area contributed by atoms with Crippen molar-refractivity contribution in [3.63, 3.8) is 0 Å². The lowest BCUT2D eigenvalue weighted by Gasteiger charge is -2.40. The number of amides is 1. The first-order valence-electron chi connectivity index (χ1n) is 5.99. The standard InChI is InChI=1S/C13H9F5N2OS/c14-22(15,16,17,18)9-3-4-10-11(6-8-2-1-5-19-8)13(21)20-12(10)7-9/h1-7,19H,(H,20,21)/b11-6-. The minimum Gasteiger partial charge on any atom is -0.362 e. The van der Waals surface area contributed by atoms with E-state index in [1.54, 1.807) is 18.3 Å². The number of hydrogen-bond acceptors (Lipinski definition) is 1. The molecule has 1 amide bonds. The molecule has 0 atom stereocenters. The molecule has 0 saturated carbocycles. The van der Waals surface area contributed by atoms with E-state index in [9.17, 15) is 24.2 Å². The third-order valence-electron chi connectivity index (χ3n) is 3.14. The van der Waals surface area contributed by atoms with Crippen LogP contribution in [0.2, 0.25) is 0 Å². The lowest BCUT2D eigenvalue weighted by molar-refractivity contribution is -0.110. The summed E-state index contributed by atoms with van der Waals surface area (Å²) < 4.78 is 63.9. The molecule has 1 aliphatic heterocycles. The topological polar surface area (TPSA) is 44.9 Å². The lowest BCUT2D eigenvalue weighted by atomic mass is 10.1. The van der Waals surface area contributed by atoms with Gasteiger partial charge in [-0.25, -0.2) is 0 Å². The van der Waals surface area contributed by atoms with Gasteiger partial charge in [-0.3, -0.25) is 4.79 Å². The summed E-state index contributed by atoms with van der Waals surface area (Å²) in [7, 11) is -9.77. The van der Waals surface area contributed by atoms with Crippen molar-refractivity contribution in [3.05, 3.63) is 47.8 Å².